The zero-order valence-electron chi connectivity index (χ0n) is 14.1. The smallest absolute Gasteiger partial charge is 0.227 e. The minimum Gasteiger partial charge on any atom is -0.436 e. The van der Waals surface area contributed by atoms with E-state index in [-0.39, 0.29) is 0 Å². The van der Waals surface area contributed by atoms with Crippen LogP contribution in [0.4, 0.5) is 0 Å². The molecule has 26 heavy (non-hydrogen) atoms. The van der Waals surface area contributed by atoms with Gasteiger partial charge in [-0.3, -0.25) is 0 Å². The molecule has 0 aliphatic rings. The van der Waals surface area contributed by atoms with Gasteiger partial charge in [-0.05, 0) is 54.3 Å². The maximum atomic E-state index is 6.34. The molecule has 5 rings (SSSR count). The van der Waals surface area contributed by atoms with Crippen molar-refractivity contribution in [2.45, 2.75) is 6.92 Å². The van der Waals surface area contributed by atoms with E-state index < -0.39 is 0 Å². The molecular formula is C22H15ClN2O. The number of aromatic nitrogens is 2. The van der Waals surface area contributed by atoms with Gasteiger partial charge in [0.1, 0.15) is 5.52 Å². The first kappa shape index (κ1) is 15.2. The van der Waals surface area contributed by atoms with Crippen molar-refractivity contribution >= 4 is 33.5 Å². The second-order valence-corrected chi connectivity index (χ2v) is 6.77. The largest absolute Gasteiger partial charge is 0.436 e. The average Bonchev–Trinajstić information content (AvgIpc) is 3.31. The van der Waals surface area contributed by atoms with Crippen LogP contribution in [0.2, 0.25) is 5.02 Å². The van der Waals surface area contributed by atoms with E-state index in [0.717, 1.165) is 43.7 Å². The minimum atomic E-state index is 0.612. The third-order valence-corrected chi connectivity index (χ3v) is 4.99. The molecule has 0 bridgehead atoms. The van der Waals surface area contributed by atoms with Crippen LogP contribution in [0.5, 0.6) is 0 Å². The maximum absolute atomic E-state index is 6.34. The van der Waals surface area contributed by atoms with Crippen LogP contribution in [0.25, 0.3) is 39.0 Å². The number of hydrogen-bond acceptors (Lipinski definition) is 2. The van der Waals surface area contributed by atoms with Crippen LogP contribution in [-0.2, 0) is 0 Å². The lowest BCUT2D eigenvalue weighted by Crippen LogP contribution is -1.90. The van der Waals surface area contributed by atoms with Crippen molar-refractivity contribution < 1.29 is 4.42 Å². The molecule has 0 radical (unpaired) electrons. The summed E-state index contributed by atoms with van der Waals surface area (Å²) in [5.41, 5.74) is 4.74. The summed E-state index contributed by atoms with van der Waals surface area (Å²) >= 11 is 6.34. The van der Waals surface area contributed by atoms with E-state index in [1.54, 1.807) is 0 Å². The number of aryl methyl sites for hydroxylation is 1. The van der Waals surface area contributed by atoms with Crippen LogP contribution in [-0.4, -0.2) is 9.55 Å². The Balaban J connectivity index is 1.74. The van der Waals surface area contributed by atoms with Gasteiger partial charge in [0, 0.05) is 34.1 Å². The van der Waals surface area contributed by atoms with E-state index in [0.29, 0.717) is 5.89 Å². The molecule has 3 aromatic carbocycles. The number of halogens is 1. The summed E-state index contributed by atoms with van der Waals surface area (Å²) in [7, 11) is 0. The number of nitrogens with zero attached hydrogens (tertiary/aromatic N) is 2. The van der Waals surface area contributed by atoms with Crippen LogP contribution < -0.4 is 0 Å². The summed E-state index contributed by atoms with van der Waals surface area (Å²) < 4.78 is 8.21. The molecule has 2 aromatic heterocycles. The first-order valence-corrected chi connectivity index (χ1v) is 8.81. The van der Waals surface area contributed by atoms with E-state index in [4.69, 9.17) is 21.0 Å². The molecule has 0 unspecified atom stereocenters. The van der Waals surface area contributed by atoms with Crippen molar-refractivity contribution in [3.63, 3.8) is 0 Å². The Kier molecular flexibility index (Phi) is 3.37. The molecule has 2 heterocycles. The number of hydrogen-bond donors (Lipinski definition) is 0. The lowest BCUT2D eigenvalue weighted by atomic mass is 10.0. The van der Waals surface area contributed by atoms with Crippen LogP contribution in [0.1, 0.15) is 5.56 Å². The monoisotopic (exact) mass is 358 g/mol. The predicted molar refractivity (Wildman–Crippen MR) is 106 cm³/mol. The van der Waals surface area contributed by atoms with E-state index in [2.05, 4.69) is 10.6 Å². The van der Waals surface area contributed by atoms with Crippen molar-refractivity contribution in [3.05, 3.63) is 83.6 Å². The third kappa shape index (κ3) is 2.32. The molecule has 0 saturated carbocycles. The second-order valence-electron chi connectivity index (χ2n) is 6.36. The Morgan fingerprint density at radius 3 is 2.54 bits per heavy atom. The summed E-state index contributed by atoms with van der Waals surface area (Å²) in [6.45, 7) is 2.05. The van der Waals surface area contributed by atoms with Crippen molar-refractivity contribution in [2.24, 2.45) is 0 Å². The molecule has 0 spiro atoms. The van der Waals surface area contributed by atoms with E-state index in [1.807, 2.05) is 73.9 Å². The first-order chi connectivity index (χ1) is 12.7. The van der Waals surface area contributed by atoms with Gasteiger partial charge in [0.2, 0.25) is 5.89 Å². The molecule has 0 amide bonds. The molecule has 4 heteroatoms. The lowest BCUT2D eigenvalue weighted by Gasteiger charge is -2.04. The van der Waals surface area contributed by atoms with Crippen LogP contribution in [0, 0.1) is 6.92 Å². The standard InChI is InChI=1S/C22H15ClN2O/c1-14-12-15(25-10-2-3-11-25)13-20-21(14)26-22(24-20)18-8-4-7-17-16(18)6-5-9-19(17)23/h2-13H,1H3. The van der Waals surface area contributed by atoms with Gasteiger partial charge in [-0.1, -0.05) is 35.9 Å². The summed E-state index contributed by atoms with van der Waals surface area (Å²) in [5.74, 6) is 0.612. The van der Waals surface area contributed by atoms with Gasteiger partial charge in [-0.15, -0.1) is 0 Å². The molecule has 126 valence electrons. The molecule has 5 aromatic rings. The molecule has 3 nitrogen and oxygen atoms in total. The quantitative estimate of drug-likeness (QED) is 0.365. The van der Waals surface area contributed by atoms with Gasteiger partial charge < -0.3 is 8.98 Å². The van der Waals surface area contributed by atoms with E-state index in [9.17, 15) is 0 Å². The highest BCUT2D eigenvalue weighted by molar-refractivity contribution is 6.35. The van der Waals surface area contributed by atoms with Gasteiger partial charge in [-0.25, -0.2) is 4.98 Å². The maximum Gasteiger partial charge on any atom is 0.227 e. The summed E-state index contributed by atoms with van der Waals surface area (Å²) in [6.07, 6.45) is 4.04. The fourth-order valence-corrected chi connectivity index (χ4v) is 3.65. The number of oxazole rings is 1. The highest BCUT2D eigenvalue weighted by atomic mass is 35.5. The topological polar surface area (TPSA) is 31.0 Å². The van der Waals surface area contributed by atoms with Gasteiger partial charge in [0.25, 0.3) is 0 Å². The molecule has 0 fully saturated rings. The fraction of sp³-hybridized carbons (Fsp3) is 0.0455. The van der Waals surface area contributed by atoms with E-state index in [1.165, 1.54) is 0 Å². The van der Waals surface area contributed by atoms with Crippen molar-refractivity contribution in [1.82, 2.24) is 9.55 Å². The van der Waals surface area contributed by atoms with Gasteiger partial charge in [0.05, 0.1) is 0 Å². The normalized spacial score (nSPS) is 11.5. The number of fused-ring (bicyclic) bond motifs is 2. The zero-order valence-corrected chi connectivity index (χ0v) is 14.9. The minimum absolute atomic E-state index is 0.612. The van der Waals surface area contributed by atoms with E-state index >= 15 is 0 Å². The Morgan fingerprint density at radius 2 is 1.69 bits per heavy atom. The lowest BCUT2D eigenvalue weighted by molar-refractivity contribution is 0.618. The second kappa shape index (κ2) is 5.75. The summed E-state index contributed by atoms with van der Waals surface area (Å²) in [4.78, 5) is 4.77. The van der Waals surface area contributed by atoms with Gasteiger partial charge in [0.15, 0.2) is 5.58 Å². The molecule has 0 aliphatic carbocycles. The Bertz CT molecular complexity index is 1250. The van der Waals surface area contributed by atoms with Crippen molar-refractivity contribution in [1.29, 1.82) is 0 Å². The molecule has 0 atom stereocenters. The zero-order chi connectivity index (χ0) is 17.7. The fourth-order valence-electron chi connectivity index (χ4n) is 3.41. The van der Waals surface area contributed by atoms with Crippen LogP contribution in [0.3, 0.4) is 0 Å². The van der Waals surface area contributed by atoms with Crippen molar-refractivity contribution in [2.75, 3.05) is 0 Å². The summed E-state index contributed by atoms with van der Waals surface area (Å²) in [5, 5.41) is 2.76. The first-order valence-electron chi connectivity index (χ1n) is 8.43. The number of benzene rings is 3. The van der Waals surface area contributed by atoms with Crippen molar-refractivity contribution in [3.8, 4) is 17.1 Å². The highest BCUT2D eigenvalue weighted by Gasteiger charge is 2.14. The molecule has 0 N–H and O–H groups in total. The van der Waals surface area contributed by atoms with Crippen LogP contribution in [0.15, 0.2) is 77.5 Å². The molecule has 0 saturated heterocycles. The molecular weight excluding hydrogens is 344 g/mol. The van der Waals surface area contributed by atoms with Gasteiger partial charge >= 0.3 is 0 Å². The van der Waals surface area contributed by atoms with Gasteiger partial charge in [-0.2, -0.15) is 0 Å². The number of rotatable bonds is 2. The Labute approximate surface area is 155 Å². The summed E-state index contributed by atoms with van der Waals surface area (Å²) in [6, 6.07) is 20.1. The third-order valence-electron chi connectivity index (χ3n) is 4.66. The Hall–Kier alpha value is -3.04. The molecule has 0 aliphatic heterocycles. The predicted octanol–water partition coefficient (Wildman–Crippen LogP) is 6.40. The Morgan fingerprint density at radius 1 is 0.923 bits per heavy atom. The average molecular weight is 359 g/mol. The van der Waals surface area contributed by atoms with Crippen LogP contribution >= 0.6 is 11.6 Å². The highest BCUT2D eigenvalue weighted by Crippen LogP contribution is 2.34. The SMILES string of the molecule is Cc1cc(-n2cccc2)cc2nc(-c3cccc4c(Cl)cccc34)oc12.